The first-order valence-corrected chi connectivity index (χ1v) is 7.41. The highest BCUT2D eigenvalue weighted by molar-refractivity contribution is 6.32. The minimum atomic E-state index is -0.589. The second-order valence-electron chi connectivity index (χ2n) is 5.11. The Morgan fingerprint density at radius 3 is 2.86 bits per heavy atom. The van der Waals surface area contributed by atoms with Gasteiger partial charge in [0.25, 0.3) is 5.91 Å². The third kappa shape index (κ3) is 4.88. The second kappa shape index (κ2) is 7.64. The Bertz CT molecular complexity index is 487. The van der Waals surface area contributed by atoms with E-state index in [4.69, 9.17) is 21.1 Å². The Morgan fingerprint density at radius 1 is 1.52 bits per heavy atom. The number of hydrogen-bond acceptors (Lipinski definition) is 4. The molecule has 1 aliphatic rings. The molecule has 2 N–H and O–H groups in total. The quantitative estimate of drug-likeness (QED) is 0.873. The van der Waals surface area contributed by atoms with Gasteiger partial charge in [-0.2, -0.15) is 0 Å². The smallest absolute Gasteiger partial charge is 0.258 e. The molecule has 1 amide bonds. The fourth-order valence-electron chi connectivity index (χ4n) is 2.15. The van der Waals surface area contributed by atoms with E-state index < -0.39 is 6.10 Å². The van der Waals surface area contributed by atoms with E-state index in [0.29, 0.717) is 29.5 Å². The van der Waals surface area contributed by atoms with Crippen molar-refractivity contribution in [3.63, 3.8) is 0 Å². The molecule has 0 aliphatic carbocycles. The van der Waals surface area contributed by atoms with Crippen LogP contribution in [0.2, 0.25) is 5.02 Å². The minimum absolute atomic E-state index is 0.0783. The highest BCUT2D eigenvalue weighted by Gasteiger charge is 2.16. The van der Waals surface area contributed by atoms with E-state index in [-0.39, 0.29) is 18.6 Å². The zero-order valence-electron chi connectivity index (χ0n) is 12.0. The lowest BCUT2D eigenvalue weighted by Gasteiger charge is -2.23. The van der Waals surface area contributed by atoms with Crippen LogP contribution in [0.1, 0.15) is 31.4 Å². The summed E-state index contributed by atoms with van der Waals surface area (Å²) in [5.74, 6) is 0.265. The first-order chi connectivity index (χ1) is 10.1. The summed E-state index contributed by atoms with van der Waals surface area (Å²) >= 11 is 6.06. The lowest BCUT2D eigenvalue weighted by Crippen LogP contribution is -2.41. The molecule has 0 aromatic heterocycles. The van der Waals surface area contributed by atoms with Gasteiger partial charge in [0.05, 0.1) is 11.1 Å². The molecule has 0 radical (unpaired) electrons. The van der Waals surface area contributed by atoms with Crippen molar-refractivity contribution in [2.75, 3.05) is 19.8 Å². The van der Waals surface area contributed by atoms with Crippen molar-refractivity contribution in [2.24, 2.45) is 0 Å². The fraction of sp³-hybridized carbons (Fsp3) is 0.533. The van der Waals surface area contributed by atoms with Crippen LogP contribution in [-0.2, 0) is 9.53 Å². The van der Waals surface area contributed by atoms with Crippen LogP contribution in [0.5, 0.6) is 5.75 Å². The molecular weight excluding hydrogens is 294 g/mol. The van der Waals surface area contributed by atoms with Gasteiger partial charge in [-0.05, 0) is 37.5 Å². The highest BCUT2D eigenvalue weighted by Crippen LogP contribution is 2.27. The minimum Gasteiger partial charge on any atom is -0.482 e. The van der Waals surface area contributed by atoms with Gasteiger partial charge in [0.1, 0.15) is 5.75 Å². The van der Waals surface area contributed by atoms with E-state index in [1.54, 1.807) is 25.1 Å². The molecule has 2 rings (SSSR count). The summed E-state index contributed by atoms with van der Waals surface area (Å²) in [6, 6.07) is 5.18. The molecular formula is C15H20ClNO4. The predicted octanol–water partition coefficient (Wildman–Crippen LogP) is 2.07. The number of amides is 1. The standard InChI is InChI=1S/C15H20ClNO4/c1-10(18)11-2-3-14(13(16)8-11)21-9-15(19)17-12-4-6-20-7-5-12/h2-3,8,10,12,18H,4-7,9H2,1H3,(H,17,19)/t10-/m1/s1. The van der Waals surface area contributed by atoms with Gasteiger partial charge in [-0.3, -0.25) is 4.79 Å². The number of benzene rings is 1. The molecule has 0 bridgehead atoms. The van der Waals surface area contributed by atoms with E-state index in [9.17, 15) is 9.90 Å². The maximum atomic E-state index is 11.8. The molecule has 6 heteroatoms. The normalized spacial score (nSPS) is 17.3. The van der Waals surface area contributed by atoms with Crippen molar-refractivity contribution in [1.29, 1.82) is 0 Å². The first kappa shape index (κ1) is 16.1. The number of carbonyl (C=O) groups excluding carboxylic acids is 1. The third-order valence-corrected chi connectivity index (χ3v) is 3.68. The maximum Gasteiger partial charge on any atom is 0.258 e. The van der Waals surface area contributed by atoms with Gasteiger partial charge in [-0.15, -0.1) is 0 Å². The molecule has 1 fully saturated rings. The molecule has 1 atom stereocenters. The molecule has 1 aromatic carbocycles. The van der Waals surface area contributed by atoms with Crippen LogP contribution >= 0.6 is 11.6 Å². The number of rotatable bonds is 5. The Balaban J connectivity index is 1.83. The Morgan fingerprint density at radius 2 is 2.24 bits per heavy atom. The number of aliphatic hydroxyl groups is 1. The summed E-state index contributed by atoms with van der Waals surface area (Å²) in [5, 5.41) is 12.8. The van der Waals surface area contributed by atoms with Crippen LogP contribution in [0.3, 0.4) is 0 Å². The van der Waals surface area contributed by atoms with Crippen LogP contribution in [-0.4, -0.2) is 36.9 Å². The lowest BCUT2D eigenvalue weighted by molar-refractivity contribution is -0.124. The molecule has 0 spiro atoms. The molecule has 116 valence electrons. The molecule has 5 nitrogen and oxygen atoms in total. The number of nitrogens with one attached hydrogen (secondary N) is 1. The zero-order chi connectivity index (χ0) is 15.2. The number of hydrogen-bond donors (Lipinski definition) is 2. The van der Waals surface area contributed by atoms with Gasteiger partial charge in [-0.25, -0.2) is 0 Å². The van der Waals surface area contributed by atoms with Crippen LogP contribution < -0.4 is 10.1 Å². The van der Waals surface area contributed by atoms with Gasteiger partial charge >= 0.3 is 0 Å². The van der Waals surface area contributed by atoms with Gasteiger partial charge in [0, 0.05) is 19.3 Å². The van der Waals surface area contributed by atoms with Crippen molar-refractivity contribution in [3.05, 3.63) is 28.8 Å². The molecule has 1 aliphatic heterocycles. The van der Waals surface area contributed by atoms with Crippen molar-refractivity contribution in [3.8, 4) is 5.75 Å². The molecule has 21 heavy (non-hydrogen) atoms. The molecule has 1 heterocycles. The second-order valence-corrected chi connectivity index (χ2v) is 5.52. The Labute approximate surface area is 129 Å². The van der Waals surface area contributed by atoms with Crippen LogP contribution in [0.25, 0.3) is 0 Å². The van der Waals surface area contributed by atoms with Gasteiger partial charge in [0.2, 0.25) is 0 Å². The van der Waals surface area contributed by atoms with Crippen molar-refractivity contribution < 1.29 is 19.4 Å². The SMILES string of the molecule is C[C@@H](O)c1ccc(OCC(=O)NC2CCOCC2)c(Cl)c1. The fourth-order valence-corrected chi connectivity index (χ4v) is 2.39. The predicted molar refractivity (Wildman–Crippen MR) is 79.6 cm³/mol. The average Bonchev–Trinajstić information content (AvgIpc) is 2.47. The lowest BCUT2D eigenvalue weighted by atomic mass is 10.1. The van der Waals surface area contributed by atoms with E-state index >= 15 is 0 Å². The van der Waals surface area contributed by atoms with Crippen LogP contribution in [0.15, 0.2) is 18.2 Å². The van der Waals surface area contributed by atoms with Gasteiger partial charge in [-0.1, -0.05) is 17.7 Å². The number of ether oxygens (including phenoxy) is 2. The van der Waals surface area contributed by atoms with E-state index in [2.05, 4.69) is 5.32 Å². The summed E-state index contributed by atoms with van der Waals surface area (Å²) in [4.78, 5) is 11.8. The monoisotopic (exact) mass is 313 g/mol. The molecule has 1 saturated heterocycles. The molecule has 0 saturated carbocycles. The van der Waals surface area contributed by atoms with Gasteiger partial charge < -0.3 is 19.9 Å². The summed E-state index contributed by atoms with van der Waals surface area (Å²) < 4.78 is 10.7. The van der Waals surface area contributed by atoms with Crippen molar-refractivity contribution in [2.45, 2.75) is 31.9 Å². The van der Waals surface area contributed by atoms with Crippen molar-refractivity contribution in [1.82, 2.24) is 5.32 Å². The van der Waals surface area contributed by atoms with E-state index in [1.807, 2.05) is 0 Å². The summed E-state index contributed by atoms with van der Waals surface area (Å²) in [7, 11) is 0. The highest BCUT2D eigenvalue weighted by atomic mass is 35.5. The summed E-state index contributed by atoms with van der Waals surface area (Å²) in [6.45, 7) is 2.94. The summed E-state index contributed by atoms with van der Waals surface area (Å²) in [5.41, 5.74) is 0.707. The largest absolute Gasteiger partial charge is 0.482 e. The molecule has 0 unspecified atom stereocenters. The topological polar surface area (TPSA) is 67.8 Å². The zero-order valence-corrected chi connectivity index (χ0v) is 12.7. The van der Waals surface area contributed by atoms with Crippen LogP contribution in [0, 0.1) is 0 Å². The Kier molecular flexibility index (Phi) is 5.85. The number of aliphatic hydroxyl groups excluding tert-OH is 1. The maximum absolute atomic E-state index is 11.8. The third-order valence-electron chi connectivity index (χ3n) is 3.38. The number of halogens is 1. The van der Waals surface area contributed by atoms with E-state index in [0.717, 1.165) is 12.8 Å². The summed E-state index contributed by atoms with van der Waals surface area (Å²) in [6.07, 6.45) is 1.07. The van der Waals surface area contributed by atoms with E-state index in [1.165, 1.54) is 0 Å². The van der Waals surface area contributed by atoms with Crippen molar-refractivity contribution >= 4 is 17.5 Å². The Hall–Kier alpha value is -1.30. The van der Waals surface area contributed by atoms with Crippen LogP contribution in [0.4, 0.5) is 0 Å². The number of carbonyl (C=O) groups is 1. The van der Waals surface area contributed by atoms with Gasteiger partial charge in [0.15, 0.2) is 6.61 Å². The average molecular weight is 314 g/mol. The first-order valence-electron chi connectivity index (χ1n) is 7.03. The molecule has 1 aromatic rings.